The van der Waals surface area contributed by atoms with Gasteiger partial charge in [0.05, 0.1) is 12.0 Å². The Morgan fingerprint density at radius 1 is 1.15 bits per heavy atom. The zero-order chi connectivity index (χ0) is 19.5. The first-order valence-corrected chi connectivity index (χ1v) is 8.22. The molecule has 0 aliphatic carbocycles. The summed E-state index contributed by atoms with van der Waals surface area (Å²) < 4.78 is 0. The summed E-state index contributed by atoms with van der Waals surface area (Å²) >= 11 is 0. The molecule has 0 saturated heterocycles. The van der Waals surface area contributed by atoms with E-state index in [4.69, 9.17) is 0 Å². The Kier molecular flexibility index (Phi) is 5.45. The van der Waals surface area contributed by atoms with Crippen molar-refractivity contribution in [3.63, 3.8) is 0 Å². The van der Waals surface area contributed by atoms with Crippen LogP contribution in [0.15, 0.2) is 52.4 Å². The monoisotopic (exact) mass is 352 g/mol. The zero-order valence-electron chi connectivity index (χ0n) is 15.6. The molecule has 0 fully saturated rings. The van der Waals surface area contributed by atoms with Crippen molar-refractivity contribution in [1.29, 1.82) is 0 Å². The smallest absolute Gasteiger partial charge is 0.272 e. The second-order valence-corrected chi connectivity index (χ2v) is 7.08. The van der Waals surface area contributed by atoms with Crippen LogP contribution in [-0.2, 0) is 5.41 Å². The van der Waals surface area contributed by atoms with Gasteiger partial charge in [-0.15, -0.1) is 0 Å². The quantitative estimate of drug-likeness (QED) is 0.726. The van der Waals surface area contributed by atoms with Gasteiger partial charge in [0.1, 0.15) is 10.7 Å². The van der Waals surface area contributed by atoms with Crippen molar-refractivity contribution < 1.29 is 0 Å². The van der Waals surface area contributed by atoms with Gasteiger partial charge in [0.15, 0.2) is 0 Å². The first-order chi connectivity index (χ1) is 12.1. The highest BCUT2D eigenvalue weighted by atomic mass is 16.1. The third-order valence-corrected chi connectivity index (χ3v) is 3.78. The lowest BCUT2D eigenvalue weighted by molar-refractivity contribution is 0.571. The van der Waals surface area contributed by atoms with Crippen LogP contribution in [0.2, 0.25) is 0 Å². The van der Waals surface area contributed by atoms with E-state index in [1.807, 2.05) is 27.7 Å². The summed E-state index contributed by atoms with van der Waals surface area (Å²) in [4.78, 5) is 37.4. The standard InChI is InChI=1S/C20H24N4O2/c1-7-8-13(12(2)3)9-15-18(25)24-16(19(26)23-15)10-14-17(20(4,5)6)22-11-21-14/h7-11H,1-2H2,3-6H3,(H,21,22)(H,23,26)(H,24,25)/b13-8-,15-9-,16-10-. The molecule has 0 bridgehead atoms. The van der Waals surface area contributed by atoms with Crippen LogP contribution in [-0.4, -0.2) is 19.9 Å². The number of allylic oxidation sites excluding steroid dienone is 4. The van der Waals surface area contributed by atoms with Crippen LogP contribution in [0.5, 0.6) is 0 Å². The molecule has 2 rings (SSSR count). The molecule has 0 unspecified atom stereocenters. The Morgan fingerprint density at radius 3 is 2.35 bits per heavy atom. The average Bonchev–Trinajstić information content (AvgIpc) is 2.99. The van der Waals surface area contributed by atoms with Gasteiger partial charge in [-0.3, -0.25) is 9.59 Å². The fourth-order valence-corrected chi connectivity index (χ4v) is 2.44. The molecule has 2 aromatic rings. The number of nitrogens with one attached hydrogen (secondary N) is 3. The van der Waals surface area contributed by atoms with Crippen LogP contribution >= 0.6 is 0 Å². The van der Waals surface area contributed by atoms with Gasteiger partial charge in [0.25, 0.3) is 11.1 Å². The van der Waals surface area contributed by atoms with E-state index in [1.165, 1.54) is 0 Å². The highest BCUT2D eigenvalue weighted by molar-refractivity contribution is 5.56. The summed E-state index contributed by atoms with van der Waals surface area (Å²) in [5.74, 6) is 0. The molecular formula is C20H24N4O2. The number of imidazole rings is 1. The van der Waals surface area contributed by atoms with E-state index >= 15 is 0 Å². The number of rotatable bonds is 4. The van der Waals surface area contributed by atoms with Crippen molar-refractivity contribution in [2.45, 2.75) is 33.1 Å². The second kappa shape index (κ2) is 7.39. The lowest BCUT2D eigenvalue weighted by atomic mass is 9.90. The zero-order valence-corrected chi connectivity index (χ0v) is 15.6. The number of aromatic nitrogens is 4. The SMILES string of the molecule is C=C/C=C(/C=c1\[nH]c(=O)/c(=C/c2nc[nH]c2C(C)(C)C)[nH]c1=O)C(=C)C. The van der Waals surface area contributed by atoms with Gasteiger partial charge >= 0.3 is 0 Å². The number of nitrogens with zero attached hydrogens (tertiary/aromatic N) is 1. The van der Waals surface area contributed by atoms with Gasteiger partial charge in [-0.1, -0.05) is 51.7 Å². The Labute approximate surface area is 151 Å². The van der Waals surface area contributed by atoms with Crippen molar-refractivity contribution in [2.24, 2.45) is 0 Å². The maximum atomic E-state index is 12.4. The maximum absolute atomic E-state index is 12.4. The number of aromatic amines is 3. The Morgan fingerprint density at radius 2 is 1.77 bits per heavy atom. The minimum absolute atomic E-state index is 0.148. The molecule has 0 saturated carbocycles. The van der Waals surface area contributed by atoms with Gasteiger partial charge in [-0.05, 0) is 24.6 Å². The van der Waals surface area contributed by atoms with Crippen molar-refractivity contribution in [2.75, 3.05) is 0 Å². The third-order valence-electron chi connectivity index (χ3n) is 3.78. The highest BCUT2D eigenvalue weighted by Crippen LogP contribution is 2.22. The van der Waals surface area contributed by atoms with Gasteiger partial charge in [0.2, 0.25) is 0 Å². The van der Waals surface area contributed by atoms with Crippen molar-refractivity contribution in [3.8, 4) is 0 Å². The molecular weight excluding hydrogens is 328 g/mol. The fraction of sp³-hybridized carbons (Fsp3) is 0.250. The van der Waals surface area contributed by atoms with Gasteiger partial charge in [-0.25, -0.2) is 4.98 Å². The fourth-order valence-electron chi connectivity index (χ4n) is 2.44. The summed E-state index contributed by atoms with van der Waals surface area (Å²) in [6, 6.07) is 0. The predicted octanol–water partition coefficient (Wildman–Crippen LogP) is 1.38. The molecule has 2 aromatic heterocycles. The minimum atomic E-state index is -0.404. The molecule has 3 N–H and O–H groups in total. The molecule has 6 nitrogen and oxygen atoms in total. The summed E-state index contributed by atoms with van der Waals surface area (Å²) in [6.45, 7) is 15.4. The van der Waals surface area contributed by atoms with Gasteiger partial charge in [0, 0.05) is 11.1 Å². The van der Waals surface area contributed by atoms with Crippen molar-refractivity contribution in [3.05, 3.63) is 85.6 Å². The summed E-state index contributed by atoms with van der Waals surface area (Å²) in [7, 11) is 0. The molecule has 0 atom stereocenters. The molecule has 136 valence electrons. The van der Waals surface area contributed by atoms with Crippen LogP contribution in [0.25, 0.3) is 12.2 Å². The van der Waals surface area contributed by atoms with Crippen molar-refractivity contribution >= 4 is 12.2 Å². The molecule has 0 radical (unpaired) electrons. The van der Waals surface area contributed by atoms with Crippen LogP contribution in [0.4, 0.5) is 0 Å². The largest absolute Gasteiger partial charge is 0.348 e. The van der Waals surface area contributed by atoms with Gasteiger partial charge in [-0.2, -0.15) is 0 Å². The van der Waals surface area contributed by atoms with E-state index in [0.717, 1.165) is 11.3 Å². The number of hydrogen-bond acceptors (Lipinski definition) is 3. The Bertz CT molecular complexity index is 1100. The molecule has 6 heteroatoms. The second-order valence-electron chi connectivity index (χ2n) is 7.08. The van der Waals surface area contributed by atoms with E-state index in [2.05, 4.69) is 33.1 Å². The Balaban J connectivity index is 2.66. The summed E-state index contributed by atoms with van der Waals surface area (Å²) in [5.41, 5.74) is 1.98. The predicted molar refractivity (Wildman–Crippen MR) is 105 cm³/mol. The third kappa shape index (κ3) is 4.27. The molecule has 2 heterocycles. The summed E-state index contributed by atoms with van der Waals surface area (Å²) in [5, 5.41) is 0.302. The lowest BCUT2D eigenvalue weighted by Crippen LogP contribution is -2.46. The molecule has 26 heavy (non-hydrogen) atoms. The van der Waals surface area contributed by atoms with E-state index in [9.17, 15) is 9.59 Å². The first kappa shape index (κ1) is 19.2. The molecule has 0 amide bonds. The van der Waals surface area contributed by atoms with Crippen LogP contribution < -0.4 is 21.8 Å². The van der Waals surface area contributed by atoms with E-state index in [-0.39, 0.29) is 16.1 Å². The van der Waals surface area contributed by atoms with E-state index in [1.54, 1.807) is 30.6 Å². The summed E-state index contributed by atoms with van der Waals surface area (Å²) in [6.07, 6.45) is 8.03. The number of H-pyrrole nitrogens is 3. The van der Waals surface area contributed by atoms with Crippen LogP contribution in [0.1, 0.15) is 39.1 Å². The maximum Gasteiger partial charge on any atom is 0.272 e. The molecule has 0 aliphatic rings. The minimum Gasteiger partial charge on any atom is -0.348 e. The first-order valence-electron chi connectivity index (χ1n) is 8.22. The molecule has 0 spiro atoms. The van der Waals surface area contributed by atoms with Crippen LogP contribution in [0, 0.1) is 0 Å². The van der Waals surface area contributed by atoms with Gasteiger partial charge < -0.3 is 15.0 Å². The normalized spacial score (nSPS) is 13.9. The lowest BCUT2D eigenvalue weighted by Gasteiger charge is -2.16. The highest BCUT2D eigenvalue weighted by Gasteiger charge is 2.19. The Hall–Kier alpha value is -3.15. The van der Waals surface area contributed by atoms with Crippen molar-refractivity contribution in [1.82, 2.24) is 19.9 Å². The van der Waals surface area contributed by atoms with Crippen LogP contribution in [0.3, 0.4) is 0 Å². The topological polar surface area (TPSA) is 94.4 Å². The molecule has 0 aliphatic heterocycles. The van der Waals surface area contributed by atoms with E-state index in [0.29, 0.717) is 11.3 Å². The number of hydrogen-bond donors (Lipinski definition) is 3. The molecule has 0 aromatic carbocycles. The average molecular weight is 352 g/mol. The van der Waals surface area contributed by atoms with E-state index < -0.39 is 11.1 Å².